The molecule has 2 aromatic carbocycles. The van der Waals surface area contributed by atoms with E-state index >= 15 is 0 Å². The topological polar surface area (TPSA) is 26.2 Å². The van der Waals surface area contributed by atoms with Crippen LogP contribution >= 0.6 is 15.9 Å². The van der Waals surface area contributed by atoms with Gasteiger partial charge in [0, 0.05) is 47.1 Å². The van der Waals surface area contributed by atoms with Gasteiger partial charge in [-0.25, -0.2) is 4.39 Å². The number of benzene rings is 2. The molecule has 0 saturated carbocycles. The molecular weight excluding hydrogens is 383 g/mol. The summed E-state index contributed by atoms with van der Waals surface area (Å²) in [5.41, 5.74) is 3.70. The normalized spacial score (nSPS) is 13.8. The van der Waals surface area contributed by atoms with Crippen LogP contribution in [0.25, 0.3) is 10.9 Å². The SMILES string of the molecule is Fc1ccc2c(c1)c1c(n2CCCOc2cccc(Br)c2)CCNC1. The van der Waals surface area contributed by atoms with Gasteiger partial charge in [-0.1, -0.05) is 22.0 Å². The molecule has 0 saturated heterocycles. The lowest BCUT2D eigenvalue weighted by Crippen LogP contribution is -2.24. The van der Waals surface area contributed by atoms with Gasteiger partial charge in [-0.2, -0.15) is 0 Å². The predicted molar refractivity (Wildman–Crippen MR) is 102 cm³/mol. The molecule has 0 radical (unpaired) electrons. The van der Waals surface area contributed by atoms with E-state index in [1.807, 2.05) is 30.3 Å². The molecule has 0 fully saturated rings. The van der Waals surface area contributed by atoms with Gasteiger partial charge < -0.3 is 14.6 Å². The fraction of sp³-hybridized carbons (Fsp3) is 0.300. The van der Waals surface area contributed by atoms with Crippen molar-refractivity contribution in [2.24, 2.45) is 0 Å². The second-order valence-corrected chi connectivity index (χ2v) is 7.24. The number of halogens is 2. The van der Waals surface area contributed by atoms with E-state index < -0.39 is 0 Å². The largest absolute Gasteiger partial charge is 0.493 e. The van der Waals surface area contributed by atoms with Crippen molar-refractivity contribution in [3.05, 3.63) is 64.0 Å². The Bertz CT molecular complexity index is 906. The highest BCUT2D eigenvalue weighted by Gasteiger charge is 2.19. The third kappa shape index (κ3) is 3.44. The summed E-state index contributed by atoms with van der Waals surface area (Å²) in [6.07, 6.45) is 1.89. The molecule has 1 aliphatic rings. The summed E-state index contributed by atoms with van der Waals surface area (Å²) in [4.78, 5) is 0. The molecule has 130 valence electrons. The Balaban J connectivity index is 1.51. The Morgan fingerprint density at radius 3 is 3.00 bits per heavy atom. The monoisotopic (exact) mass is 402 g/mol. The average molecular weight is 403 g/mol. The Hall–Kier alpha value is -1.85. The lowest BCUT2D eigenvalue weighted by atomic mass is 10.1. The van der Waals surface area contributed by atoms with E-state index in [-0.39, 0.29) is 5.82 Å². The first-order valence-corrected chi connectivity index (χ1v) is 9.40. The van der Waals surface area contributed by atoms with Crippen LogP contribution in [0.1, 0.15) is 17.7 Å². The highest BCUT2D eigenvalue weighted by molar-refractivity contribution is 9.10. The number of fused-ring (bicyclic) bond motifs is 3. The smallest absolute Gasteiger partial charge is 0.123 e. The molecule has 0 amide bonds. The van der Waals surface area contributed by atoms with Crippen LogP contribution in [0, 0.1) is 5.82 Å². The molecule has 4 rings (SSSR count). The van der Waals surface area contributed by atoms with Gasteiger partial charge in [-0.15, -0.1) is 0 Å². The molecule has 3 aromatic rings. The number of nitrogens with zero attached hydrogens (tertiary/aromatic N) is 1. The number of hydrogen-bond donors (Lipinski definition) is 1. The molecule has 0 atom stereocenters. The van der Waals surface area contributed by atoms with E-state index in [4.69, 9.17) is 4.74 Å². The second kappa shape index (κ2) is 7.18. The maximum Gasteiger partial charge on any atom is 0.123 e. The standard InChI is InChI=1S/C20H20BrFN2O/c21-14-3-1-4-16(11-14)25-10-2-9-24-19-6-5-15(22)12-17(19)18-13-23-8-7-20(18)24/h1,3-6,11-12,23H,2,7-10,13H2. The van der Waals surface area contributed by atoms with Crippen LogP contribution in [0.2, 0.25) is 0 Å². The van der Waals surface area contributed by atoms with Crippen molar-refractivity contribution in [2.75, 3.05) is 13.2 Å². The Morgan fingerprint density at radius 2 is 2.12 bits per heavy atom. The Labute approximate surface area is 154 Å². The van der Waals surface area contributed by atoms with E-state index in [9.17, 15) is 4.39 Å². The van der Waals surface area contributed by atoms with Crippen LogP contribution in [-0.4, -0.2) is 17.7 Å². The third-order valence-corrected chi connectivity index (χ3v) is 5.17. The third-order valence-electron chi connectivity index (χ3n) is 4.68. The molecule has 0 bridgehead atoms. The minimum Gasteiger partial charge on any atom is -0.493 e. The van der Waals surface area contributed by atoms with Gasteiger partial charge in [0.1, 0.15) is 11.6 Å². The van der Waals surface area contributed by atoms with E-state index in [1.54, 1.807) is 12.1 Å². The molecule has 0 aliphatic carbocycles. The van der Waals surface area contributed by atoms with Crippen LogP contribution in [0.5, 0.6) is 5.75 Å². The summed E-state index contributed by atoms with van der Waals surface area (Å²) in [5, 5.41) is 4.43. The molecule has 0 unspecified atom stereocenters. The van der Waals surface area contributed by atoms with Gasteiger partial charge in [0.25, 0.3) is 0 Å². The minimum atomic E-state index is -0.170. The Kier molecular flexibility index (Phi) is 4.77. The summed E-state index contributed by atoms with van der Waals surface area (Å²) < 4.78 is 22.9. The molecule has 1 aliphatic heterocycles. The first-order chi connectivity index (χ1) is 12.2. The number of hydrogen-bond acceptors (Lipinski definition) is 2. The van der Waals surface area contributed by atoms with Gasteiger partial charge in [0.2, 0.25) is 0 Å². The fourth-order valence-corrected chi connectivity index (χ4v) is 3.96. The zero-order valence-corrected chi connectivity index (χ0v) is 15.5. The second-order valence-electron chi connectivity index (χ2n) is 6.32. The van der Waals surface area contributed by atoms with Crippen LogP contribution in [0.15, 0.2) is 46.9 Å². The first-order valence-electron chi connectivity index (χ1n) is 8.61. The summed E-state index contributed by atoms with van der Waals surface area (Å²) in [7, 11) is 0. The van der Waals surface area contributed by atoms with Crippen molar-refractivity contribution >= 4 is 26.8 Å². The van der Waals surface area contributed by atoms with Crippen LogP contribution in [0.4, 0.5) is 4.39 Å². The molecule has 1 aromatic heterocycles. The van der Waals surface area contributed by atoms with Gasteiger partial charge in [0.05, 0.1) is 6.61 Å². The lowest BCUT2D eigenvalue weighted by molar-refractivity contribution is 0.301. The van der Waals surface area contributed by atoms with Crippen LogP contribution < -0.4 is 10.1 Å². The molecule has 0 spiro atoms. The summed E-state index contributed by atoms with van der Waals surface area (Å²) in [5.74, 6) is 0.705. The molecule has 3 nitrogen and oxygen atoms in total. The zero-order valence-electron chi connectivity index (χ0n) is 13.9. The molecule has 1 N–H and O–H groups in total. The highest BCUT2D eigenvalue weighted by Crippen LogP contribution is 2.29. The average Bonchev–Trinajstić information content (AvgIpc) is 2.92. The Morgan fingerprint density at radius 1 is 1.20 bits per heavy atom. The first kappa shape index (κ1) is 16.6. The molecule has 2 heterocycles. The number of nitrogens with one attached hydrogen (secondary N) is 1. The van der Waals surface area contributed by atoms with E-state index in [0.717, 1.165) is 53.6 Å². The van der Waals surface area contributed by atoms with E-state index in [2.05, 4.69) is 25.8 Å². The minimum absolute atomic E-state index is 0.170. The van der Waals surface area contributed by atoms with Crippen molar-refractivity contribution in [3.8, 4) is 5.75 Å². The number of ether oxygens (including phenoxy) is 1. The number of aromatic nitrogens is 1. The van der Waals surface area contributed by atoms with Gasteiger partial charge in [-0.3, -0.25) is 0 Å². The maximum absolute atomic E-state index is 13.7. The number of aryl methyl sites for hydroxylation is 1. The fourth-order valence-electron chi connectivity index (χ4n) is 3.58. The van der Waals surface area contributed by atoms with Crippen molar-refractivity contribution < 1.29 is 9.13 Å². The van der Waals surface area contributed by atoms with Gasteiger partial charge in [0.15, 0.2) is 0 Å². The van der Waals surface area contributed by atoms with Gasteiger partial charge in [-0.05, 0) is 48.4 Å². The van der Waals surface area contributed by atoms with Crippen LogP contribution in [-0.2, 0) is 19.5 Å². The van der Waals surface area contributed by atoms with Crippen molar-refractivity contribution in [1.82, 2.24) is 9.88 Å². The van der Waals surface area contributed by atoms with Crippen molar-refractivity contribution in [1.29, 1.82) is 0 Å². The lowest BCUT2D eigenvalue weighted by Gasteiger charge is -2.17. The van der Waals surface area contributed by atoms with E-state index in [1.165, 1.54) is 11.3 Å². The highest BCUT2D eigenvalue weighted by atomic mass is 79.9. The summed E-state index contributed by atoms with van der Waals surface area (Å²) >= 11 is 3.46. The molecule has 25 heavy (non-hydrogen) atoms. The van der Waals surface area contributed by atoms with Gasteiger partial charge >= 0.3 is 0 Å². The zero-order chi connectivity index (χ0) is 17.2. The molecular formula is C20H20BrFN2O. The van der Waals surface area contributed by atoms with Crippen LogP contribution in [0.3, 0.4) is 0 Å². The summed E-state index contributed by atoms with van der Waals surface area (Å²) in [6.45, 7) is 3.33. The quantitative estimate of drug-likeness (QED) is 0.628. The van der Waals surface area contributed by atoms with Crippen molar-refractivity contribution in [3.63, 3.8) is 0 Å². The summed E-state index contributed by atoms with van der Waals surface area (Å²) in [6, 6.07) is 13.0. The van der Waals surface area contributed by atoms with E-state index in [0.29, 0.717) is 6.61 Å². The molecule has 5 heteroatoms. The number of rotatable bonds is 5. The van der Waals surface area contributed by atoms with Crippen molar-refractivity contribution in [2.45, 2.75) is 25.9 Å². The predicted octanol–water partition coefficient (Wildman–Crippen LogP) is 4.66. The maximum atomic E-state index is 13.7.